The SMILES string of the molecule is CC(=O)NC(CCC(=O)O)C(=O)NC(C)C(=O)NC(CC(=O)O)C(=O)COC(=O)Cc1cccc2ccccc12. The molecule has 0 bridgehead atoms. The van der Waals surface area contributed by atoms with Gasteiger partial charge >= 0.3 is 17.9 Å². The molecule has 0 saturated carbocycles. The molecule has 5 N–H and O–H groups in total. The van der Waals surface area contributed by atoms with Gasteiger partial charge in [0.1, 0.15) is 18.1 Å². The van der Waals surface area contributed by atoms with Gasteiger partial charge in [0.15, 0.2) is 12.4 Å². The van der Waals surface area contributed by atoms with Crippen LogP contribution in [0, 0.1) is 0 Å². The van der Waals surface area contributed by atoms with E-state index in [9.17, 15) is 38.7 Å². The summed E-state index contributed by atoms with van der Waals surface area (Å²) in [6, 6.07) is 8.71. The summed E-state index contributed by atoms with van der Waals surface area (Å²) in [7, 11) is 0. The second-order valence-corrected chi connectivity index (χ2v) is 9.02. The molecule has 2 aromatic rings. The quantitative estimate of drug-likeness (QED) is 0.190. The predicted molar refractivity (Wildman–Crippen MR) is 140 cm³/mol. The van der Waals surface area contributed by atoms with Crippen LogP contribution in [0.2, 0.25) is 0 Å². The van der Waals surface area contributed by atoms with Gasteiger partial charge < -0.3 is 30.9 Å². The minimum Gasteiger partial charge on any atom is -0.481 e. The van der Waals surface area contributed by atoms with Crippen molar-refractivity contribution in [1.29, 1.82) is 0 Å². The maximum absolute atomic E-state index is 12.7. The van der Waals surface area contributed by atoms with E-state index in [0.29, 0.717) is 5.56 Å². The molecular weight excluding hydrogens is 526 g/mol. The Bertz CT molecular complexity index is 1290. The van der Waals surface area contributed by atoms with E-state index in [1.807, 2.05) is 30.3 Å². The zero-order valence-electron chi connectivity index (χ0n) is 22.0. The molecule has 0 fully saturated rings. The molecule has 0 radical (unpaired) electrons. The van der Waals surface area contributed by atoms with Crippen LogP contribution in [0.4, 0.5) is 0 Å². The molecule has 13 heteroatoms. The highest BCUT2D eigenvalue weighted by atomic mass is 16.5. The van der Waals surface area contributed by atoms with E-state index in [1.165, 1.54) is 6.92 Å². The fourth-order valence-electron chi connectivity index (χ4n) is 3.78. The first-order chi connectivity index (χ1) is 18.9. The maximum Gasteiger partial charge on any atom is 0.310 e. The molecule has 214 valence electrons. The van der Waals surface area contributed by atoms with Crippen molar-refractivity contribution in [1.82, 2.24) is 16.0 Å². The number of carboxylic acid groups (broad SMARTS) is 2. The Hall–Kier alpha value is -4.81. The van der Waals surface area contributed by atoms with Crippen LogP contribution in [-0.2, 0) is 44.7 Å². The molecule has 3 atom stereocenters. The summed E-state index contributed by atoms with van der Waals surface area (Å²) < 4.78 is 5.05. The molecule has 40 heavy (non-hydrogen) atoms. The molecule has 3 amide bonds. The predicted octanol–water partition coefficient (Wildman–Crippen LogP) is 0.328. The molecule has 2 rings (SSSR count). The first-order valence-corrected chi connectivity index (χ1v) is 12.3. The summed E-state index contributed by atoms with van der Waals surface area (Å²) in [5.74, 6) is -6.56. The number of carbonyl (C=O) groups is 7. The third kappa shape index (κ3) is 10.2. The van der Waals surface area contributed by atoms with Crippen LogP contribution in [0.25, 0.3) is 10.8 Å². The van der Waals surface area contributed by atoms with Gasteiger partial charge in [-0.3, -0.25) is 33.6 Å². The molecule has 0 aliphatic carbocycles. The molecular formula is C27H31N3O10. The van der Waals surface area contributed by atoms with Crippen molar-refractivity contribution in [3.8, 4) is 0 Å². The van der Waals surface area contributed by atoms with Gasteiger partial charge in [0.05, 0.1) is 12.8 Å². The number of amides is 3. The van der Waals surface area contributed by atoms with Crippen molar-refractivity contribution in [2.45, 2.75) is 57.7 Å². The number of hydrogen-bond acceptors (Lipinski definition) is 8. The van der Waals surface area contributed by atoms with E-state index in [4.69, 9.17) is 9.84 Å². The van der Waals surface area contributed by atoms with Crippen LogP contribution in [0.5, 0.6) is 0 Å². The number of Topliss-reactive ketones (excluding diaryl/α,β-unsaturated/α-hetero) is 1. The summed E-state index contributed by atoms with van der Waals surface area (Å²) in [5, 5.41) is 26.6. The zero-order chi connectivity index (χ0) is 29.8. The number of ether oxygens (including phenoxy) is 1. The number of benzene rings is 2. The summed E-state index contributed by atoms with van der Waals surface area (Å²) in [5.41, 5.74) is 0.677. The van der Waals surface area contributed by atoms with Crippen molar-refractivity contribution in [3.05, 3.63) is 48.0 Å². The lowest BCUT2D eigenvalue weighted by molar-refractivity contribution is -0.149. The van der Waals surface area contributed by atoms with E-state index in [2.05, 4.69) is 16.0 Å². The Kier molecular flexibility index (Phi) is 11.7. The van der Waals surface area contributed by atoms with Gasteiger partial charge in [-0.25, -0.2) is 0 Å². The highest BCUT2D eigenvalue weighted by molar-refractivity contribution is 5.97. The van der Waals surface area contributed by atoms with Gasteiger partial charge in [-0.1, -0.05) is 42.5 Å². The Morgan fingerprint density at radius 3 is 2.15 bits per heavy atom. The maximum atomic E-state index is 12.7. The number of hydrogen-bond donors (Lipinski definition) is 5. The highest BCUT2D eigenvalue weighted by Crippen LogP contribution is 2.19. The number of rotatable bonds is 15. The van der Waals surface area contributed by atoms with Crippen molar-refractivity contribution in [2.24, 2.45) is 0 Å². The Morgan fingerprint density at radius 2 is 1.50 bits per heavy atom. The van der Waals surface area contributed by atoms with E-state index < -0.39 is 79.0 Å². The third-order valence-electron chi connectivity index (χ3n) is 5.77. The number of fused-ring (bicyclic) bond motifs is 1. The normalized spacial score (nSPS) is 12.8. The first kappa shape index (κ1) is 31.4. The lowest BCUT2D eigenvalue weighted by Crippen LogP contribution is -2.55. The molecule has 13 nitrogen and oxygen atoms in total. The molecule has 0 aromatic heterocycles. The van der Waals surface area contributed by atoms with Gasteiger partial charge in [-0.15, -0.1) is 0 Å². The Morgan fingerprint density at radius 1 is 0.825 bits per heavy atom. The van der Waals surface area contributed by atoms with Crippen LogP contribution < -0.4 is 16.0 Å². The van der Waals surface area contributed by atoms with Gasteiger partial charge in [0.2, 0.25) is 17.7 Å². The average molecular weight is 558 g/mol. The molecule has 0 aliphatic rings. The topological polar surface area (TPSA) is 205 Å². The number of carboxylic acids is 2. The molecule has 0 spiro atoms. The van der Waals surface area contributed by atoms with Crippen LogP contribution in [0.1, 0.15) is 38.7 Å². The fraction of sp³-hybridized carbons (Fsp3) is 0.370. The van der Waals surface area contributed by atoms with Crippen LogP contribution in [0.3, 0.4) is 0 Å². The van der Waals surface area contributed by atoms with Crippen LogP contribution in [-0.4, -0.2) is 76.4 Å². The second-order valence-electron chi connectivity index (χ2n) is 9.02. The lowest BCUT2D eigenvalue weighted by Gasteiger charge is -2.22. The van der Waals surface area contributed by atoms with E-state index in [0.717, 1.165) is 17.7 Å². The average Bonchev–Trinajstić information content (AvgIpc) is 2.88. The monoisotopic (exact) mass is 557 g/mol. The molecule has 2 aromatic carbocycles. The van der Waals surface area contributed by atoms with E-state index in [-0.39, 0.29) is 12.8 Å². The van der Waals surface area contributed by atoms with Crippen LogP contribution >= 0.6 is 0 Å². The third-order valence-corrected chi connectivity index (χ3v) is 5.77. The summed E-state index contributed by atoms with van der Waals surface area (Å²) >= 11 is 0. The zero-order valence-corrected chi connectivity index (χ0v) is 22.0. The number of ketones is 1. The van der Waals surface area contributed by atoms with Crippen molar-refractivity contribution in [3.63, 3.8) is 0 Å². The number of carbonyl (C=O) groups excluding carboxylic acids is 5. The Labute approximate surface area is 229 Å². The van der Waals surface area contributed by atoms with E-state index in [1.54, 1.807) is 12.1 Å². The standard InChI is InChI=1S/C27H31N3O10/c1-15(28-27(39)20(29-16(2)31)10-11-23(33)34)26(38)30-21(13-24(35)36)22(32)14-40-25(37)12-18-8-5-7-17-6-3-4-9-19(17)18/h3-9,15,20-21H,10-14H2,1-2H3,(H,28,39)(H,29,31)(H,30,38)(H,33,34)(H,35,36). The molecule has 0 heterocycles. The number of nitrogens with one attached hydrogen (secondary N) is 3. The Balaban J connectivity index is 1.98. The first-order valence-electron chi connectivity index (χ1n) is 12.3. The highest BCUT2D eigenvalue weighted by Gasteiger charge is 2.29. The largest absolute Gasteiger partial charge is 0.481 e. The smallest absolute Gasteiger partial charge is 0.310 e. The minimum absolute atomic E-state index is 0.134. The summed E-state index contributed by atoms with van der Waals surface area (Å²) in [6.07, 6.45) is -1.60. The molecule has 0 saturated heterocycles. The summed E-state index contributed by atoms with van der Waals surface area (Å²) in [6.45, 7) is 1.60. The van der Waals surface area contributed by atoms with Gasteiger partial charge in [0, 0.05) is 13.3 Å². The summed E-state index contributed by atoms with van der Waals surface area (Å²) in [4.78, 5) is 83.7. The van der Waals surface area contributed by atoms with Gasteiger partial charge in [-0.05, 0) is 29.7 Å². The fourth-order valence-corrected chi connectivity index (χ4v) is 3.78. The second kappa shape index (κ2) is 15.0. The van der Waals surface area contributed by atoms with E-state index >= 15 is 0 Å². The van der Waals surface area contributed by atoms with Crippen molar-refractivity contribution in [2.75, 3.05) is 6.61 Å². The minimum atomic E-state index is -1.56. The lowest BCUT2D eigenvalue weighted by atomic mass is 10.0. The van der Waals surface area contributed by atoms with Crippen molar-refractivity contribution < 1.29 is 48.5 Å². The van der Waals surface area contributed by atoms with Gasteiger partial charge in [-0.2, -0.15) is 0 Å². The number of aliphatic carboxylic acids is 2. The molecule has 3 unspecified atom stereocenters. The number of esters is 1. The van der Waals surface area contributed by atoms with Gasteiger partial charge in [0.25, 0.3) is 0 Å². The van der Waals surface area contributed by atoms with Crippen LogP contribution in [0.15, 0.2) is 42.5 Å². The van der Waals surface area contributed by atoms with Crippen molar-refractivity contribution >= 4 is 52.2 Å². The molecule has 0 aliphatic heterocycles.